The number of hydrogen-bond acceptors (Lipinski definition) is 3. The highest BCUT2D eigenvalue weighted by atomic mass is 32.1. The lowest BCUT2D eigenvalue weighted by Gasteiger charge is -2.24. The zero-order valence-corrected chi connectivity index (χ0v) is 11.6. The van der Waals surface area contributed by atoms with E-state index < -0.39 is 17.8 Å². The second kappa shape index (κ2) is 6.02. The normalized spacial score (nSPS) is 22.2. The molecule has 2 unspecified atom stereocenters. The predicted octanol–water partition coefficient (Wildman–Crippen LogP) is 2.34. The molecule has 0 fully saturated rings. The summed E-state index contributed by atoms with van der Waals surface area (Å²) in [7, 11) is 0. The first-order valence-corrected chi connectivity index (χ1v) is 7.21. The molecule has 2 atom stereocenters. The zero-order valence-electron chi connectivity index (χ0n) is 10.8. The molecule has 4 nitrogen and oxygen atoms in total. The molecule has 5 heteroatoms. The van der Waals surface area contributed by atoms with Crippen molar-refractivity contribution in [1.82, 2.24) is 5.32 Å². The third-order valence-electron chi connectivity index (χ3n) is 3.50. The van der Waals surface area contributed by atoms with Crippen LogP contribution in [0.15, 0.2) is 22.9 Å². The van der Waals surface area contributed by atoms with Crippen molar-refractivity contribution in [3.8, 4) is 0 Å². The Balaban J connectivity index is 1.97. The average molecular weight is 279 g/mol. The Kier molecular flexibility index (Phi) is 4.37. The number of hydrogen-bond donors (Lipinski definition) is 2. The maximum atomic E-state index is 12.1. The molecule has 102 valence electrons. The van der Waals surface area contributed by atoms with Gasteiger partial charge in [0.1, 0.15) is 0 Å². The van der Waals surface area contributed by atoms with Gasteiger partial charge in [0.2, 0.25) is 5.91 Å². The van der Waals surface area contributed by atoms with E-state index in [1.54, 1.807) is 11.3 Å². The van der Waals surface area contributed by atoms with Gasteiger partial charge in [-0.2, -0.15) is 11.3 Å². The summed E-state index contributed by atoms with van der Waals surface area (Å²) in [6, 6.07) is 0. The van der Waals surface area contributed by atoms with Gasteiger partial charge in [-0.05, 0) is 41.7 Å². The van der Waals surface area contributed by atoms with Crippen LogP contribution in [0.1, 0.15) is 24.0 Å². The summed E-state index contributed by atoms with van der Waals surface area (Å²) in [5.74, 6) is -2.12. The summed E-state index contributed by atoms with van der Waals surface area (Å²) in [6.45, 7) is 2.47. The molecule has 19 heavy (non-hydrogen) atoms. The van der Waals surface area contributed by atoms with E-state index in [9.17, 15) is 9.59 Å². The van der Waals surface area contributed by atoms with E-state index in [0.717, 1.165) is 11.1 Å². The lowest BCUT2D eigenvalue weighted by atomic mass is 9.82. The third kappa shape index (κ3) is 3.23. The number of nitrogens with one attached hydrogen (secondary N) is 1. The Morgan fingerprint density at radius 3 is 2.58 bits per heavy atom. The number of carbonyl (C=O) groups is 2. The van der Waals surface area contributed by atoms with E-state index >= 15 is 0 Å². The topological polar surface area (TPSA) is 66.4 Å². The van der Waals surface area contributed by atoms with E-state index in [2.05, 4.69) is 5.32 Å². The molecule has 0 aliphatic heterocycles. The molecule has 0 saturated carbocycles. The second-order valence-corrected chi connectivity index (χ2v) is 5.54. The van der Waals surface area contributed by atoms with Crippen LogP contribution in [0.5, 0.6) is 0 Å². The van der Waals surface area contributed by atoms with Crippen LogP contribution in [0.2, 0.25) is 0 Å². The molecule has 0 spiro atoms. The van der Waals surface area contributed by atoms with Gasteiger partial charge >= 0.3 is 5.97 Å². The molecular weight excluding hydrogens is 262 g/mol. The van der Waals surface area contributed by atoms with Crippen LogP contribution < -0.4 is 5.32 Å². The van der Waals surface area contributed by atoms with Crippen molar-refractivity contribution in [3.63, 3.8) is 0 Å². The third-order valence-corrected chi connectivity index (χ3v) is 4.41. The number of carboxylic acid groups (broad SMARTS) is 1. The van der Waals surface area contributed by atoms with Gasteiger partial charge in [-0.25, -0.2) is 0 Å². The van der Waals surface area contributed by atoms with Gasteiger partial charge in [-0.1, -0.05) is 12.2 Å². The fourth-order valence-corrected chi connectivity index (χ4v) is 3.12. The summed E-state index contributed by atoms with van der Waals surface area (Å²) < 4.78 is 0. The maximum absolute atomic E-state index is 12.1. The number of aryl methyl sites for hydroxylation is 1. The van der Waals surface area contributed by atoms with Crippen LogP contribution in [-0.2, 0) is 16.1 Å². The monoisotopic (exact) mass is 279 g/mol. The zero-order chi connectivity index (χ0) is 13.8. The highest BCUT2D eigenvalue weighted by Crippen LogP contribution is 2.26. The summed E-state index contributed by atoms with van der Waals surface area (Å²) in [4.78, 5) is 23.3. The minimum absolute atomic E-state index is 0.164. The Morgan fingerprint density at radius 2 is 2.00 bits per heavy atom. The first-order valence-electron chi connectivity index (χ1n) is 6.26. The fraction of sp³-hybridized carbons (Fsp3) is 0.429. The lowest BCUT2D eigenvalue weighted by Crippen LogP contribution is -2.38. The van der Waals surface area contributed by atoms with Crippen molar-refractivity contribution in [2.75, 3.05) is 0 Å². The minimum atomic E-state index is -0.892. The Morgan fingerprint density at radius 1 is 1.32 bits per heavy atom. The number of amides is 1. The smallest absolute Gasteiger partial charge is 0.307 e. The predicted molar refractivity (Wildman–Crippen MR) is 73.9 cm³/mol. The number of carboxylic acids is 1. The molecule has 0 bridgehead atoms. The summed E-state index contributed by atoms with van der Waals surface area (Å²) >= 11 is 1.60. The molecule has 1 aromatic heterocycles. The summed E-state index contributed by atoms with van der Waals surface area (Å²) in [5, 5.41) is 16.0. The summed E-state index contributed by atoms with van der Waals surface area (Å²) in [5.41, 5.74) is 2.25. The molecule has 2 N–H and O–H groups in total. The molecule has 1 aliphatic rings. The molecular formula is C14H17NO3S. The molecule has 2 rings (SSSR count). The number of aliphatic carboxylic acids is 1. The van der Waals surface area contributed by atoms with Gasteiger partial charge in [-0.15, -0.1) is 0 Å². The highest BCUT2D eigenvalue weighted by molar-refractivity contribution is 7.08. The van der Waals surface area contributed by atoms with Crippen molar-refractivity contribution in [1.29, 1.82) is 0 Å². The quantitative estimate of drug-likeness (QED) is 0.831. The molecule has 1 heterocycles. The largest absolute Gasteiger partial charge is 0.481 e. The standard InChI is InChI=1S/C14H17NO3S/c1-9-7-19-8-10(9)6-15-13(16)11-4-2-3-5-12(11)14(17)18/h2-3,7-8,11-12H,4-6H2,1H3,(H,15,16)(H,17,18). The van der Waals surface area contributed by atoms with Crippen LogP contribution >= 0.6 is 11.3 Å². The molecule has 0 radical (unpaired) electrons. The SMILES string of the molecule is Cc1cscc1CNC(=O)C1CC=CCC1C(=O)O. The van der Waals surface area contributed by atoms with E-state index in [-0.39, 0.29) is 5.91 Å². The Labute approximate surface area is 116 Å². The van der Waals surface area contributed by atoms with E-state index in [1.807, 2.05) is 29.8 Å². The van der Waals surface area contributed by atoms with Gasteiger partial charge in [0, 0.05) is 6.54 Å². The van der Waals surface area contributed by atoms with Crippen LogP contribution in [0.3, 0.4) is 0 Å². The number of carbonyl (C=O) groups excluding carboxylic acids is 1. The first kappa shape index (κ1) is 13.8. The van der Waals surface area contributed by atoms with Gasteiger partial charge in [0.15, 0.2) is 0 Å². The van der Waals surface area contributed by atoms with Crippen LogP contribution in [-0.4, -0.2) is 17.0 Å². The summed E-state index contributed by atoms with van der Waals surface area (Å²) in [6.07, 6.45) is 4.67. The Hall–Kier alpha value is -1.62. The molecule has 1 amide bonds. The fourth-order valence-electron chi connectivity index (χ4n) is 2.26. The van der Waals surface area contributed by atoms with Crippen molar-refractivity contribution in [3.05, 3.63) is 34.0 Å². The lowest BCUT2D eigenvalue weighted by molar-refractivity contribution is -0.147. The van der Waals surface area contributed by atoms with Crippen LogP contribution in [0.25, 0.3) is 0 Å². The molecule has 0 aromatic carbocycles. The number of allylic oxidation sites excluding steroid dienone is 2. The van der Waals surface area contributed by atoms with Crippen LogP contribution in [0.4, 0.5) is 0 Å². The van der Waals surface area contributed by atoms with E-state index in [4.69, 9.17) is 5.11 Å². The van der Waals surface area contributed by atoms with E-state index in [1.165, 1.54) is 0 Å². The van der Waals surface area contributed by atoms with Gasteiger partial charge in [0.05, 0.1) is 11.8 Å². The van der Waals surface area contributed by atoms with Crippen LogP contribution in [0, 0.1) is 18.8 Å². The van der Waals surface area contributed by atoms with Gasteiger partial charge < -0.3 is 10.4 Å². The molecule has 1 aromatic rings. The van der Waals surface area contributed by atoms with Crippen molar-refractivity contribution >= 4 is 23.2 Å². The van der Waals surface area contributed by atoms with Crippen molar-refractivity contribution in [2.24, 2.45) is 11.8 Å². The average Bonchev–Trinajstić information content (AvgIpc) is 2.81. The van der Waals surface area contributed by atoms with Crippen molar-refractivity contribution in [2.45, 2.75) is 26.3 Å². The minimum Gasteiger partial charge on any atom is -0.481 e. The number of thiophene rings is 1. The molecule has 0 saturated heterocycles. The highest BCUT2D eigenvalue weighted by Gasteiger charge is 2.33. The first-order chi connectivity index (χ1) is 9.09. The Bertz CT molecular complexity index is 507. The number of rotatable bonds is 4. The second-order valence-electron chi connectivity index (χ2n) is 4.79. The maximum Gasteiger partial charge on any atom is 0.307 e. The van der Waals surface area contributed by atoms with E-state index in [0.29, 0.717) is 19.4 Å². The van der Waals surface area contributed by atoms with Crippen molar-refractivity contribution < 1.29 is 14.7 Å². The molecule has 1 aliphatic carbocycles. The van der Waals surface area contributed by atoms with Gasteiger partial charge in [-0.3, -0.25) is 9.59 Å². The van der Waals surface area contributed by atoms with Gasteiger partial charge in [0.25, 0.3) is 0 Å².